The molecule has 0 atom stereocenters. The summed E-state index contributed by atoms with van der Waals surface area (Å²) in [5.74, 6) is 0.878. The number of hydrogen-bond acceptors (Lipinski definition) is 1. The van der Waals surface area contributed by atoms with E-state index in [4.69, 9.17) is 11.6 Å². The maximum atomic E-state index is 5.94. The van der Waals surface area contributed by atoms with Gasteiger partial charge in [-0.2, -0.15) is 0 Å². The molecule has 1 aliphatic carbocycles. The van der Waals surface area contributed by atoms with Gasteiger partial charge in [-0.15, -0.1) is 11.6 Å². The summed E-state index contributed by atoms with van der Waals surface area (Å²) in [4.78, 5) is 0. The molecule has 0 aromatic heterocycles. The van der Waals surface area contributed by atoms with Crippen LogP contribution >= 0.6 is 11.6 Å². The molecule has 11 heavy (non-hydrogen) atoms. The molecule has 0 unspecified atom stereocenters. The van der Waals surface area contributed by atoms with E-state index in [0.717, 1.165) is 5.88 Å². The van der Waals surface area contributed by atoms with Gasteiger partial charge in [0.05, 0.1) is 0 Å². The SMILES string of the molecule is CCC1(CCl)CCCCC1.N. The quantitative estimate of drug-likeness (QED) is 0.641. The molecular weight excluding hydrogens is 158 g/mol. The van der Waals surface area contributed by atoms with Gasteiger partial charge in [0.15, 0.2) is 0 Å². The molecule has 0 heterocycles. The lowest BCUT2D eigenvalue weighted by Crippen LogP contribution is -2.24. The molecule has 0 spiro atoms. The molecule has 68 valence electrons. The van der Waals surface area contributed by atoms with E-state index in [1.807, 2.05) is 0 Å². The predicted octanol–water partition coefficient (Wildman–Crippen LogP) is 3.75. The van der Waals surface area contributed by atoms with E-state index in [9.17, 15) is 0 Å². The topological polar surface area (TPSA) is 35.0 Å². The number of rotatable bonds is 2. The molecule has 1 fully saturated rings. The molecule has 0 aromatic carbocycles. The van der Waals surface area contributed by atoms with Gasteiger partial charge < -0.3 is 6.15 Å². The third kappa shape index (κ3) is 2.64. The number of alkyl halides is 1. The first-order valence-electron chi connectivity index (χ1n) is 4.39. The molecule has 2 heteroatoms. The first-order chi connectivity index (χ1) is 4.83. The summed E-state index contributed by atoms with van der Waals surface area (Å²) in [6, 6.07) is 0. The average molecular weight is 178 g/mol. The highest BCUT2D eigenvalue weighted by Gasteiger charge is 2.28. The van der Waals surface area contributed by atoms with E-state index in [2.05, 4.69) is 6.92 Å². The molecule has 0 aliphatic heterocycles. The van der Waals surface area contributed by atoms with Crippen LogP contribution in [0.5, 0.6) is 0 Å². The lowest BCUT2D eigenvalue weighted by molar-refractivity contribution is 0.212. The fraction of sp³-hybridized carbons (Fsp3) is 1.00. The molecule has 0 radical (unpaired) electrons. The maximum Gasteiger partial charge on any atom is 0.0279 e. The zero-order valence-corrected chi connectivity index (χ0v) is 8.29. The van der Waals surface area contributed by atoms with Gasteiger partial charge >= 0.3 is 0 Å². The Morgan fingerprint density at radius 2 is 1.73 bits per heavy atom. The zero-order valence-electron chi connectivity index (χ0n) is 7.53. The van der Waals surface area contributed by atoms with Gasteiger partial charge in [-0.3, -0.25) is 0 Å². The average Bonchev–Trinajstić information content (AvgIpc) is 2.06. The Morgan fingerprint density at radius 3 is 2.00 bits per heavy atom. The van der Waals surface area contributed by atoms with Crippen LogP contribution in [-0.2, 0) is 0 Å². The van der Waals surface area contributed by atoms with Crippen molar-refractivity contribution in [1.82, 2.24) is 6.15 Å². The fourth-order valence-corrected chi connectivity index (χ4v) is 2.34. The van der Waals surface area contributed by atoms with Crippen molar-refractivity contribution < 1.29 is 0 Å². The van der Waals surface area contributed by atoms with Crippen LogP contribution in [0.1, 0.15) is 45.4 Å². The molecule has 0 saturated heterocycles. The van der Waals surface area contributed by atoms with Crippen LogP contribution in [0.4, 0.5) is 0 Å². The van der Waals surface area contributed by atoms with Crippen molar-refractivity contribution in [3.05, 3.63) is 0 Å². The van der Waals surface area contributed by atoms with Crippen molar-refractivity contribution in [3.63, 3.8) is 0 Å². The Morgan fingerprint density at radius 1 is 1.18 bits per heavy atom. The summed E-state index contributed by atoms with van der Waals surface area (Å²) in [5.41, 5.74) is 0.528. The van der Waals surface area contributed by atoms with E-state index >= 15 is 0 Å². The van der Waals surface area contributed by atoms with Crippen molar-refractivity contribution in [3.8, 4) is 0 Å². The van der Waals surface area contributed by atoms with Gasteiger partial charge in [0.25, 0.3) is 0 Å². The normalized spacial score (nSPS) is 22.4. The summed E-state index contributed by atoms with van der Waals surface area (Å²) >= 11 is 5.94. The number of halogens is 1. The van der Waals surface area contributed by atoms with Gasteiger partial charge in [0.1, 0.15) is 0 Å². The highest BCUT2D eigenvalue weighted by Crippen LogP contribution is 2.39. The van der Waals surface area contributed by atoms with Crippen molar-refractivity contribution >= 4 is 11.6 Å². The predicted molar refractivity (Wildman–Crippen MR) is 51.6 cm³/mol. The van der Waals surface area contributed by atoms with E-state index < -0.39 is 0 Å². The van der Waals surface area contributed by atoms with Crippen molar-refractivity contribution in [2.45, 2.75) is 45.4 Å². The summed E-state index contributed by atoms with van der Waals surface area (Å²) < 4.78 is 0. The third-order valence-electron chi connectivity index (χ3n) is 2.95. The minimum atomic E-state index is 0. The third-order valence-corrected chi connectivity index (χ3v) is 3.51. The Bertz CT molecular complexity index is 91.7. The Hall–Kier alpha value is 0.250. The summed E-state index contributed by atoms with van der Waals surface area (Å²) in [5, 5.41) is 0. The van der Waals surface area contributed by atoms with Crippen molar-refractivity contribution in [2.75, 3.05) is 5.88 Å². The second-order valence-electron chi connectivity index (χ2n) is 3.55. The van der Waals surface area contributed by atoms with Crippen molar-refractivity contribution in [1.29, 1.82) is 0 Å². The lowest BCUT2D eigenvalue weighted by Gasteiger charge is -2.34. The minimum absolute atomic E-state index is 0. The molecule has 0 aromatic rings. The summed E-state index contributed by atoms with van der Waals surface area (Å²) in [6.07, 6.45) is 8.25. The van der Waals surface area contributed by atoms with E-state index in [0.29, 0.717) is 5.41 Å². The van der Waals surface area contributed by atoms with Crippen LogP contribution in [-0.4, -0.2) is 5.88 Å². The van der Waals surface area contributed by atoms with Gasteiger partial charge in [-0.25, -0.2) is 0 Å². The fourth-order valence-electron chi connectivity index (χ4n) is 1.88. The standard InChI is InChI=1S/C9H17Cl.H3N/c1-2-9(8-10)6-4-3-5-7-9;/h2-8H2,1H3;1H3. The molecule has 1 rings (SSSR count). The van der Waals surface area contributed by atoms with Crippen molar-refractivity contribution in [2.24, 2.45) is 5.41 Å². The monoisotopic (exact) mass is 177 g/mol. The molecule has 1 aliphatic rings. The summed E-state index contributed by atoms with van der Waals surface area (Å²) in [6.45, 7) is 2.27. The van der Waals surface area contributed by atoms with E-state index in [1.165, 1.54) is 38.5 Å². The minimum Gasteiger partial charge on any atom is -0.344 e. The van der Waals surface area contributed by atoms with Gasteiger partial charge in [-0.05, 0) is 24.7 Å². The highest BCUT2D eigenvalue weighted by molar-refractivity contribution is 6.18. The van der Waals surface area contributed by atoms with Crippen LogP contribution < -0.4 is 6.15 Å². The Balaban J connectivity index is 0.000001000. The van der Waals surface area contributed by atoms with Crippen LogP contribution in [0.25, 0.3) is 0 Å². The van der Waals surface area contributed by atoms with Crippen LogP contribution in [0.15, 0.2) is 0 Å². The smallest absolute Gasteiger partial charge is 0.0279 e. The largest absolute Gasteiger partial charge is 0.344 e. The Labute approximate surface area is 75.1 Å². The highest BCUT2D eigenvalue weighted by atomic mass is 35.5. The second kappa shape index (κ2) is 5.00. The van der Waals surface area contributed by atoms with Crippen LogP contribution in [0.2, 0.25) is 0 Å². The van der Waals surface area contributed by atoms with E-state index in [-0.39, 0.29) is 6.15 Å². The Kier molecular flexibility index (Phi) is 5.11. The van der Waals surface area contributed by atoms with Crippen LogP contribution in [0, 0.1) is 5.41 Å². The van der Waals surface area contributed by atoms with Gasteiger partial charge in [-0.1, -0.05) is 26.2 Å². The molecule has 1 saturated carbocycles. The molecule has 3 N–H and O–H groups in total. The van der Waals surface area contributed by atoms with Gasteiger partial charge in [0.2, 0.25) is 0 Å². The molecule has 1 nitrogen and oxygen atoms in total. The first-order valence-corrected chi connectivity index (χ1v) is 4.92. The van der Waals surface area contributed by atoms with E-state index in [1.54, 1.807) is 0 Å². The van der Waals surface area contributed by atoms with Gasteiger partial charge in [0, 0.05) is 5.88 Å². The van der Waals surface area contributed by atoms with Crippen LogP contribution in [0.3, 0.4) is 0 Å². The molecular formula is C9H20ClN. The number of hydrogen-bond donors (Lipinski definition) is 1. The first kappa shape index (κ1) is 11.2. The second-order valence-corrected chi connectivity index (χ2v) is 3.82. The maximum absolute atomic E-state index is 5.94. The zero-order chi connectivity index (χ0) is 7.45. The summed E-state index contributed by atoms with van der Waals surface area (Å²) in [7, 11) is 0. The molecule has 0 bridgehead atoms. The lowest BCUT2D eigenvalue weighted by atomic mass is 9.74. The molecule has 0 amide bonds.